The number of thioether (sulfide) groups is 1. The molecule has 6 heteroatoms. The Kier molecular flexibility index (Phi) is 5.58. The van der Waals surface area contributed by atoms with Crippen LogP contribution in [0, 0.1) is 27.7 Å². The van der Waals surface area contributed by atoms with Gasteiger partial charge in [0.1, 0.15) is 0 Å². The molecular weight excluding hydrogens is 362 g/mol. The van der Waals surface area contributed by atoms with Crippen molar-refractivity contribution in [3.05, 3.63) is 45.2 Å². The number of aromatic nitrogens is 2. The number of carbonyl (C=O) groups is 1. The number of amides is 1. The number of nitrogens with zero attached hydrogens (tertiary/aromatic N) is 2. The number of nitrogens with one attached hydrogen (secondary N) is 1. The minimum absolute atomic E-state index is 0.0725. The summed E-state index contributed by atoms with van der Waals surface area (Å²) in [5, 5.41) is 3.55. The van der Waals surface area contributed by atoms with Gasteiger partial charge in [0.05, 0.1) is 11.4 Å². The zero-order chi connectivity index (χ0) is 16.3. The van der Waals surface area contributed by atoms with E-state index in [1.807, 2.05) is 45.9 Å². The van der Waals surface area contributed by atoms with Gasteiger partial charge < -0.3 is 5.32 Å². The van der Waals surface area contributed by atoms with Gasteiger partial charge in [-0.1, -0.05) is 11.8 Å². The van der Waals surface area contributed by atoms with Gasteiger partial charge in [-0.3, -0.25) is 4.79 Å². The fourth-order valence-corrected chi connectivity index (χ4v) is 3.26. The van der Waals surface area contributed by atoms with Crippen molar-refractivity contribution >= 4 is 39.3 Å². The van der Waals surface area contributed by atoms with E-state index >= 15 is 0 Å². The Bertz CT molecular complexity index is 699. The molecule has 0 spiro atoms. The van der Waals surface area contributed by atoms with E-state index < -0.39 is 0 Å². The molecule has 1 amide bonds. The summed E-state index contributed by atoms with van der Waals surface area (Å²) in [6, 6.07) is 5.89. The van der Waals surface area contributed by atoms with Crippen LogP contribution in [0.2, 0.25) is 0 Å². The summed E-state index contributed by atoms with van der Waals surface area (Å²) in [5.41, 5.74) is 4.93. The molecule has 1 aromatic heterocycles. The van der Waals surface area contributed by atoms with Crippen molar-refractivity contribution in [1.82, 2.24) is 9.97 Å². The largest absolute Gasteiger partial charge is 0.324 e. The Morgan fingerprint density at radius 3 is 2.32 bits per heavy atom. The topological polar surface area (TPSA) is 54.9 Å². The van der Waals surface area contributed by atoms with E-state index in [4.69, 9.17) is 0 Å². The molecule has 22 heavy (non-hydrogen) atoms. The first kappa shape index (κ1) is 17.0. The van der Waals surface area contributed by atoms with Crippen LogP contribution in [0.3, 0.4) is 0 Å². The molecule has 1 heterocycles. The Morgan fingerprint density at radius 1 is 1.09 bits per heavy atom. The van der Waals surface area contributed by atoms with Crippen molar-refractivity contribution < 1.29 is 4.79 Å². The second-order valence-electron chi connectivity index (χ2n) is 5.19. The first-order chi connectivity index (χ1) is 10.3. The highest BCUT2D eigenvalue weighted by Crippen LogP contribution is 2.26. The highest BCUT2D eigenvalue weighted by atomic mass is 79.9. The molecule has 0 radical (unpaired) electrons. The van der Waals surface area contributed by atoms with Gasteiger partial charge in [0, 0.05) is 15.9 Å². The first-order valence-corrected chi connectivity index (χ1v) is 8.64. The lowest BCUT2D eigenvalue weighted by molar-refractivity contribution is -0.113. The molecule has 0 saturated carbocycles. The second-order valence-corrected chi connectivity index (χ2v) is 6.98. The molecule has 0 aliphatic carbocycles. The van der Waals surface area contributed by atoms with Crippen molar-refractivity contribution in [2.24, 2.45) is 0 Å². The van der Waals surface area contributed by atoms with Crippen LogP contribution >= 0.6 is 27.7 Å². The van der Waals surface area contributed by atoms with E-state index in [0.29, 0.717) is 5.16 Å². The summed E-state index contributed by atoms with van der Waals surface area (Å²) in [5.74, 6) is 0.208. The lowest BCUT2D eigenvalue weighted by Gasteiger charge is -2.10. The average Bonchev–Trinajstić information content (AvgIpc) is 2.41. The van der Waals surface area contributed by atoms with Crippen molar-refractivity contribution in [1.29, 1.82) is 0 Å². The number of carbonyl (C=O) groups excluding carboxylic acids is 1. The van der Waals surface area contributed by atoms with Crippen LogP contribution in [0.5, 0.6) is 0 Å². The summed E-state index contributed by atoms with van der Waals surface area (Å²) < 4.78 is 0.886. The summed E-state index contributed by atoms with van der Waals surface area (Å²) in [7, 11) is 0. The molecule has 2 rings (SSSR count). The summed E-state index contributed by atoms with van der Waals surface area (Å²) in [6.45, 7) is 7.91. The van der Waals surface area contributed by atoms with Crippen molar-refractivity contribution in [3.8, 4) is 0 Å². The van der Waals surface area contributed by atoms with Crippen LogP contribution in [0.1, 0.15) is 22.5 Å². The number of hydrogen-bond acceptors (Lipinski definition) is 4. The van der Waals surface area contributed by atoms with Crippen LogP contribution in [-0.4, -0.2) is 21.6 Å². The van der Waals surface area contributed by atoms with E-state index in [1.165, 1.54) is 17.3 Å². The van der Waals surface area contributed by atoms with Gasteiger partial charge in [-0.15, -0.1) is 0 Å². The molecule has 116 valence electrons. The van der Waals surface area contributed by atoms with Crippen LogP contribution in [0.4, 0.5) is 5.69 Å². The predicted octanol–water partition coefficient (Wildman–Crippen LogP) is 4.20. The molecule has 4 nitrogen and oxygen atoms in total. The first-order valence-electron chi connectivity index (χ1n) is 6.87. The molecule has 0 unspecified atom stereocenters. The van der Waals surface area contributed by atoms with E-state index in [-0.39, 0.29) is 11.7 Å². The maximum absolute atomic E-state index is 12.1. The van der Waals surface area contributed by atoms with Crippen LogP contribution in [-0.2, 0) is 4.79 Å². The maximum atomic E-state index is 12.1. The van der Waals surface area contributed by atoms with Gasteiger partial charge in [0.2, 0.25) is 5.91 Å². The number of halogens is 1. The maximum Gasteiger partial charge on any atom is 0.234 e. The molecule has 1 N–H and O–H groups in total. The lowest BCUT2D eigenvalue weighted by Crippen LogP contribution is -2.15. The third kappa shape index (κ3) is 4.55. The number of hydrogen-bond donors (Lipinski definition) is 1. The Labute approximate surface area is 143 Å². The Hall–Kier alpha value is -1.40. The molecule has 0 aliphatic heterocycles. The molecule has 0 bridgehead atoms. The fraction of sp³-hybridized carbons (Fsp3) is 0.312. The monoisotopic (exact) mass is 379 g/mol. The molecule has 2 aromatic rings. The van der Waals surface area contributed by atoms with Crippen LogP contribution in [0.25, 0.3) is 0 Å². The number of aryl methyl sites for hydroxylation is 4. The Morgan fingerprint density at radius 2 is 1.68 bits per heavy atom. The van der Waals surface area contributed by atoms with E-state index in [9.17, 15) is 4.79 Å². The minimum Gasteiger partial charge on any atom is -0.324 e. The van der Waals surface area contributed by atoms with Crippen LogP contribution < -0.4 is 5.32 Å². The standard InChI is InChI=1S/C16H18BrN3OS/c1-9-5-13(17)14(6-10(9)2)20-15(21)8-22-16-18-11(3)7-12(4)19-16/h5-7H,8H2,1-4H3,(H,20,21). The minimum atomic E-state index is -0.0725. The zero-order valence-electron chi connectivity index (χ0n) is 13.0. The summed E-state index contributed by atoms with van der Waals surface area (Å²) in [4.78, 5) is 20.7. The third-order valence-electron chi connectivity index (χ3n) is 3.15. The van der Waals surface area contributed by atoms with E-state index in [0.717, 1.165) is 27.1 Å². The molecule has 0 fully saturated rings. The van der Waals surface area contributed by atoms with Gasteiger partial charge >= 0.3 is 0 Å². The number of benzene rings is 1. The number of anilines is 1. The lowest BCUT2D eigenvalue weighted by atomic mass is 10.1. The summed E-state index contributed by atoms with van der Waals surface area (Å²) >= 11 is 4.82. The van der Waals surface area contributed by atoms with Crippen molar-refractivity contribution in [2.45, 2.75) is 32.9 Å². The second kappa shape index (κ2) is 7.24. The van der Waals surface area contributed by atoms with Gasteiger partial charge in [-0.05, 0) is 73.0 Å². The highest BCUT2D eigenvalue weighted by Gasteiger charge is 2.09. The smallest absolute Gasteiger partial charge is 0.234 e. The molecule has 0 aliphatic rings. The van der Waals surface area contributed by atoms with Gasteiger partial charge in [0.15, 0.2) is 5.16 Å². The molecule has 1 aromatic carbocycles. The number of rotatable bonds is 4. The Balaban J connectivity index is 2.00. The van der Waals surface area contributed by atoms with Gasteiger partial charge in [-0.25, -0.2) is 9.97 Å². The third-order valence-corrected chi connectivity index (χ3v) is 4.65. The van der Waals surface area contributed by atoms with Gasteiger partial charge in [-0.2, -0.15) is 0 Å². The van der Waals surface area contributed by atoms with Crippen LogP contribution in [0.15, 0.2) is 27.8 Å². The quantitative estimate of drug-likeness (QED) is 0.638. The SMILES string of the molecule is Cc1cc(C)nc(SCC(=O)Nc2cc(C)c(C)cc2Br)n1. The fourth-order valence-electron chi connectivity index (χ4n) is 1.95. The molecule has 0 saturated heterocycles. The van der Waals surface area contributed by atoms with E-state index in [1.54, 1.807) is 0 Å². The average molecular weight is 380 g/mol. The molecule has 0 atom stereocenters. The van der Waals surface area contributed by atoms with Gasteiger partial charge in [0.25, 0.3) is 0 Å². The van der Waals surface area contributed by atoms with Crippen molar-refractivity contribution in [2.75, 3.05) is 11.1 Å². The molecular formula is C16H18BrN3OS. The zero-order valence-corrected chi connectivity index (χ0v) is 15.4. The van der Waals surface area contributed by atoms with Crippen molar-refractivity contribution in [3.63, 3.8) is 0 Å². The van der Waals surface area contributed by atoms with E-state index in [2.05, 4.69) is 31.2 Å². The normalized spacial score (nSPS) is 10.6. The predicted molar refractivity (Wildman–Crippen MR) is 94.5 cm³/mol. The highest BCUT2D eigenvalue weighted by molar-refractivity contribution is 9.10. The summed E-state index contributed by atoms with van der Waals surface area (Å²) in [6.07, 6.45) is 0.